The van der Waals surface area contributed by atoms with Crippen LogP contribution in [0.15, 0.2) is 15.3 Å². The molecule has 154 valence electrons. The second-order valence-electron chi connectivity index (χ2n) is 8.30. The Morgan fingerprint density at radius 3 is 2.38 bits per heavy atom. The molecule has 0 spiro atoms. The SMILES string of the molecule is Cc1c(O)cc2oc3c(O)c([C@H](C)[C@H](C)O)c(C)c(=O)c-3c3c2c1[C@H](C)[C@@H](C)O3. The molecule has 0 fully saturated rings. The summed E-state index contributed by atoms with van der Waals surface area (Å²) in [6.45, 7) is 10.8. The summed E-state index contributed by atoms with van der Waals surface area (Å²) >= 11 is 0. The molecule has 0 saturated carbocycles. The molecule has 29 heavy (non-hydrogen) atoms. The summed E-state index contributed by atoms with van der Waals surface area (Å²) in [5.74, 6) is -0.166. The van der Waals surface area contributed by atoms with Gasteiger partial charge in [-0.15, -0.1) is 0 Å². The van der Waals surface area contributed by atoms with Crippen molar-refractivity contribution in [2.24, 2.45) is 0 Å². The molecule has 0 unspecified atom stereocenters. The zero-order valence-corrected chi connectivity index (χ0v) is 17.5. The lowest BCUT2D eigenvalue weighted by Gasteiger charge is -2.33. The molecular formula is C23H26O6. The van der Waals surface area contributed by atoms with Crippen molar-refractivity contribution in [1.82, 2.24) is 0 Å². The fourth-order valence-corrected chi connectivity index (χ4v) is 4.46. The van der Waals surface area contributed by atoms with Gasteiger partial charge in [0.1, 0.15) is 28.7 Å². The molecule has 4 atom stereocenters. The highest BCUT2D eigenvalue weighted by atomic mass is 16.5. The van der Waals surface area contributed by atoms with Crippen molar-refractivity contribution in [1.29, 1.82) is 0 Å². The van der Waals surface area contributed by atoms with Crippen LogP contribution in [-0.2, 0) is 0 Å². The number of aromatic hydroxyl groups is 2. The Kier molecular flexibility index (Phi) is 4.31. The van der Waals surface area contributed by atoms with E-state index in [0.717, 1.165) is 11.1 Å². The number of aliphatic hydroxyl groups excluding tert-OH is 1. The molecular weight excluding hydrogens is 372 g/mol. The smallest absolute Gasteiger partial charge is 0.196 e. The minimum atomic E-state index is -0.759. The third-order valence-corrected chi connectivity index (χ3v) is 6.55. The predicted molar refractivity (Wildman–Crippen MR) is 111 cm³/mol. The van der Waals surface area contributed by atoms with E-state index in [1.807, 2.05) is 20.8 Å². The summed E-state index contributed by atoms with van der Waals surface area (Å²) in [6.07, 6.45) is -0.986. The average molecular weight is 398 g/mol. The Morgan fingerprint density at radius 2 is 1.76 bits per heavy atom. The van der Waals surface area contributed by atoms with Crippen LogP contribution in [0.1, 0.15) is 61.8 Å². The number of ether oxygens (including phenoxy) is 1. The van der Waals surface area contributed by atoms with Crippen LogP contribution in [-0.4, -0.2) is 27.5 Å². The standard InChI is InChI=1S/C23H26O6/c1-8(12(5)24)17-11(4)20(26)19-22-18-15(29-23(19)21(17)27)7-14(25)10(3)16(18)9(2)13(6)28-22/h7-9,12-13,24-25,27H,1-6H3/t8-,9-,12+,13-/m1/s1. The lowest BCUT2D eigenvalue weighted by atomic mass is 9.83. The first-order chi connectivity index (χ1) is 13.6. The van der Waals surface area contributed by atoms with Crippen molar-refractivity contribution in [3.8, 4) is 28.6 Å². The van der Waals surface area contributed by atoms with Gasteiger partial charge in [0, 0.05) is 29.0 Å². The molecule has 2 aliphatic heterocycles. The van der Waals surface area contributed by atoms with Gasteiger partial charge in [-0.3, -0.25) is 4.79 Å². The number of phenols is 2. The number of benzene rings is 2. The van der Waals surface area contributed by atoms with E-state index < -0.39 is 12.0 Å². The Hall–Kier alpha value is -2.73. The Balaban J connectivity index is 2.24. The van der Waals surface area contributed by atoms with E-state index >= 15 is 0 Å². The molecule has 0 amide bonds. The maximum Gasteiger partial charge on any atom is 0.196 e. The summed E-state index contributed by atoms with van der Waals surface area (Å²) in [4.78, 5) is 13.3. The van der Waals surface area contributed by atoms with E-state index in [2.05, 4.69) is 0 Å². The van der Waals surface area contributed by atoms with Crippen molar-refractivity contribution in [3.63, 3.8) is 0 Å². The summed E-state index contributed by atoms with van der Waals surface area (Å²) in [6, 6.07) is 1.49. The number of fused-ring (bicyclic) bond motifs is 2. The Morgan fingerprint density at radius 1 is 1.10 bits per heavy atom. The zero-order valence-electron chi connectivity index (χ0n) is 17.5. The van der Waals surface area contributed by atoms with E-state index in [1.165, 1.54) is 6.07 Å². The van der Waals surface area contributed by atoms with Gasteiger partial charge in [-0.25, -0.2) is 0 Å². The van der Waals surface area contributed by atoms with Gasteiger partial charge in [0.05, 0.1) is 11.5 Å². The maximum absolute atomic E-state index is 13.3. The van der Waals surface area contributed by atoms with Crippen LogP contribution in [0.4, 0.5) is 0 Å². The number of phenolic OH excluding ortho intramolecular Hbond substituents is 2. The molecule has 2 heterocycles. The van der Waals surface area contributed by atoms with Gasteiger partial charge >= 0.3 is 0 Å². The zero-order chi connectivity index (χ0) is 21.4. The molecule has 3 aliphatic rings. The van der Waals surface area contributed by atoms with Crippen molar-refractivity contribution < 1.29 is 24.5 Å². The molecule has 1 aromatic carbocycles. The monoisotopic (exact) mass is 398 g/mol. The lowest BCUT2D eigenvalue weighted by molar-refractivity contribution is 0.167. The van der Waals surface area contributed by atoms with Gasteiger partial charge < -0.3 is 24.5 Å². The molecule has 0 saturated heterocycles. The minimum Gasteiger partial charge on any atom is -0.508 e. The second kappa shape index (κ2) is 6.39. The molecule has 6 nitrogen and oxygen atoms in total. The fourth-order valence-electron chi connectivity index (χ4n) is 4.46. The highest BCUT2D eigenvalue weighted by Gasteiger charge is 2.37. The van der Waals surface area contributed by atoms with Crippen molar-refractivity contribution in [2.45, 2.75) is 65.6 Å². The third kappa shape index (κ3) is 2.55. The molecule has 1 aliphatic carbocycles. The first-order valence-electron chi connectivity index (χ1n) is 9.89. The molecule has 3 N–H and O–H groups in total. The summed E-state index contributed by atoms with van der Waals surface area (Å²) in [7, 11) is 0. The van der Waals surface area contributed by atoms with Crippen LogP contribution in [0.5, 0.6) is 17.2 Å². The van der Waals surface area contributed by atoms with Crippen molar-refractivity contribution in [2.75, 3.05) is 0 Å². The van der Waals surface area contributed by atoms with Gasteiger partial charge in [0.25, 0.3) is 0 Å². The number of hydrogen-bond acceptors (Lipinski definition) is 6. The molecule has 0 radical (unpaired) electrons. The van der Waals surface area contributed by atoms with Gasteiger partial charge in [0.15, 0.2) is 16.9 Å². The van der Waals surface area contributed by atoms with Crippen LogP contribution >= 0.6 is 0 Å². The maximum atomic E-state index is 13.3. The Labute approximate surface area is 168 Å². The van der Waals surface area contributed by atoms with Crippen molar-refractivity contribution >= 4 is 11.0 Å². The van der Waals surface area contributed by atoms with Crippen LogP contribution in [0.3, 0.4) is 0 Å². The van der Waals surface area contributed by atoms with Crippen LogP contribution in [0.2, 0.25) is 0 Å². The van der Waals surface area contributed by atoms with E-state index in [0.29, 0.717) is 27.8 Å². The number of aliphatic hydroxyl groups is 1. The summed E-state index contributed by atoms with van der Waals surface area (Å²) < 4.78 is 12.1. The minimum absolute atomic E-state index is 0.0101. The molecule has 4 rings (SSSR count). The highest BCUT2D eigenvalue weighted by molar-refractivity contribution is 5.98. The second-order valence-corrected chi connectivity index (χ2v) is 8.30. The van der Waals surface area contributed by atoms with E-state index in [-0.39, 0.29) is 40.3 Å². The van der Waals surface area contributed by atoms with Crippen LogP contribution in [0, 0.1) is 13.8 Å². The summed E-state index contributed by atoms with van der Waals surface area (Å²) in [5, 5.41) is 32.2. The fraction of sp³-hybridized carbons (Fsp3) is 0.435. The molecule has 0 bridgehead atoms. The lowest BCUT2D eigenvalue weighted by Crippen LogP contribution is -2.27. The quantitative estimate of drug-likeness (QED) is 0.557. The largest absolute Gasteiger partial charge is 0.508 e. The van der Waals surface area contributed by atoms with Crippen LogP contribution in [0.25, 0.3) is 22.3 Å². The van der Waals surface area contributed by atoms with Gasteiger partial charge in [-0.2, -0.15) is 0 Å². The van der Waals surface area contributed by atoms with E-state index in [1.54, 1.807) is 20.8 Å². The van der Waals surface area contributed by atoms with Gasteiger partial charge in [0.2, 0.25) is 0 Å². The van der Waals surface area contributed by atoms with Gasteiger partial charge in [-0.1, -0.05) is 13.8 Å². The first-order valence-corrected chi connectivity index (χ1v) is 9.89. The molecule has 0 aromatic heterocycles. The topological polar surface area (TPSA) is 100 Å². The third-order valence-electron chi connectivity index (χ3n) is 6.55. The summed E-state index contributed by atoms with van der Waals surface area (Å²) in [5.41, 5.74) is 2.58. The first kappa shape index (κ1) is 19.6. The van der Waals surface area contributed by atoms with Gasteiger partial charge in [-0.05, 0) is 38.8 Å². The highest BCUT2D eigenvalue weighted by Crippen LogP contribution is 2.52. The average Bonchev–Trinajstić information content (AvgIpc) is 2.66. The molecule has 1 aromatic rings. The van der Waals surface area contributed by atoms with E-state index in [4.69, 9.17) is 9.15 Å². The number of rotatable bonds is 2. The number of hydrogen-bond donors (Lipinski definition) is 3. The normalized spacial score (nSPS) is 20.7. The van der Waals surface area contributed by atoms with Crippen molar-refractivity contribution in [3.05, 3.63) is 38.5 Å². The predicted octanol–water partition coefficient (Wildman–Crippen LogP) is 4.29. The van der Waals surface area contributed by atoms with Crippen LogP contribution < -0.4 is 10.2 Å². The molecule has 6 heteroatoms. The van der Waals surface area contributed by atoms with E-state index in [9.17, 15) is 20.1 Å². The Bertz CT molecular complexity index is 1170.